The second-order valence-corrected chi connectivity index (χ2v) is 7.92. The van der Waals surface area contributed by atoms with Crippen molar-refractivity contribution in [3.05, 3.63) is 121 Å². The van der Waals surface area contributed by atoms with E-state index in [1.165, 1.54) is 0 Å². The summed E-state index contributed by atoms with van der Waals surface area (Å²) in [5, 5.41) is 19.0. The topological polar surface area (TPSA) is 85.6 Å². The minimum Gasteiger partial charge on any atom is -0.480 e. The number of benzene rings is 1. The van der Waals surface area contributed by atoms with Crippen molar-refractivity contribution in [1.29, 1.82) is 0 Å². The number of para-hydroxylation sites is 1. The normalized spacial score (nSPS) is 13.5. The molecule has 0 radical (unpaired) electrons. The van der Waals surface area contributed by atoms with E-state index < -0.39 is 11.9 Å². The van der Waals surface area contributed by atoms with Crippen LogP contribution in [0.3, 0.4) is 0 Å². The van der Waals surface area contributed by atoms with Crippen LogP contribution in [0.5, 0.6) is 0 Å². The Morgan fingerprint density at radius 3 is 2.31 bits per heavy atom. The number of rotatable bonds is 8. The highest BCUT2D eigenvalue weighted by Gasteiger charge is 2.12. The van der Waals surface area contributed by atoms with Crippen LogP contribution in [-0.4, -0.2) is 33.6 Å². The quantitative estimate of drug-likeness (QED) is 0.392. The molecule has 0 unspecified atom stereocenters. The largest absolute Gasteiger partial charge is 0.480 e. The number of carbonyl (C=O) groups is 2. The molecule has 7 nitrogen and oxygen atoms in total. The fourth-order valence-electron chi connectivity index (χ4n) is 3.65. The Bertz CT molecular complexity index is 1380. The molecule has 2 N–H and O–H groups in total. The summed E-state index contributed by atoms with van der Waals surface area (Å²) in [7, 11) is 0. The maximum absolute atomic E-state index is 10.9. The van der Waals surface area contributed by atoms with Crippen LogP contribution in [0.1, 0.15) is 5.56 Å². The Balaban J connectivity index is 1.66. The number of hydrogen-bond donors (Lipinski definition) is 2. The predicted molar refractivity (Wildman–Crippen MR) is 132 cm³/mol. The lowest BCUT2D eigenvalue weighted by molar-refractivity contribution is -0.685. The van der Waals surface area contributed by atoms with E-state index in [0.29, 0.717) is 0 Å². The number of aromatic nitrogens is 2. The third-order valence-corrected chi connectivity index (χ3v) is 5.35. The summed E-state index contributed by atoms with van der Waals surface area (Å²) in [6.07, 6.45) is 20.7. The summed E-state index contributed by atoms with van der Waals surface area (Å²) in [4.78, 5) is 23.4. The van der Waals surface area contributed by atoms with Crippen molar-refractivity contribution in [2.45, 2.75) is 6.54 Å². The van der Waals surface area contributed by atoms with Crippen molar-refractivity contribution >= 4 is 34.6 Å². The van der Waals surface area contributed by atoms with Gasteiger partial charge in [-0.3, -0.25) is 4.79 Å². The first kappa shape index (κ1) is 23.4. The van der Waals surface area contributed by atoms with Gasteiger partial charge in [0.1, 0.15) is 6.54 Å². The third-order valence-electron chi connectivity index (χ3n) is 5.35. The maximum Gasteiger partial charge on any atom is 0.370 e. The van der Waals surface area contributed by atoms with Crippen LogP contribution < -0.4 is 9.13 Å². The van der Waals surface area contributed by atoms with Crippen molar-refractivity contribution in [2.75, 3.05) is 6.54 Å². The average molecular weight is 468 g/mol. The lowest BCUT2D eigenvalue weighted by atomic mass is 10.1. The van der Waals surface area contributed by atoms with E-state index in [1.807, 2.05) is 73.0 Å². The zero-order valence-electron chi connectivity index (χ0n) is 18.9. The van der Waals surface area contributed by atoms with Gasteiger partial charge >= 0.3 is 11.9 Å². The van der Waals surface area contributed by atoms with Crippen LogP contribution >= 0.6 is 0 Å². The first-order valence-electron chi connectivity index (χ1n) is 11.0. The standard InChI is InChI=1S/C28H23N3O4/c32-27(33)20-29-16-11-22(12-17-29)7-9-25(31-15-3-5-24-4-1-2-6-26(24)31)10-8-23-13-18-30(19-14-23)21-28(34)35/h1-19H,20-21H2/p+2. The van der Waals surface area contributed by atoms with Gasteiger partial charge in [-0.25, -0.2) is 4.79 Å². The number of pyridine rings is 2. The highest BCUT2D eigenvalue weighted by Crippen LogP contribution is 2.14. The number of nitrogens with zero attached hydrogens (tertiary/aromatic N) is 3. The van der Waals surface area contributed by atoms with E-state index in [4.69, 9.17) is 10.2 Å². The molecule has 174 valence electrons. The Kier molecular flexibility index (Phi) is 7.28. The van der Waals surface area contributed by atoms with Crippen molar-refractivity contribution < 1.29 is 28.9 Å². The van der Waals surface area contributed by atoms with Crippen molar-refractivity contribution in [2.24, 2.45) is 0 Å². The Morgan fingerprint density at radius 1 is 0.886 bits per heavy atom. The Hall–Kier alpha value is -4.78. The van der Waals surface area contributed by atoms with Crippen LogP contribution in [0.4, 0.5) is 0 Å². The monoisotopic (exact) mass is 467 g/mol. The fraction of sp³-hybridized carbons (Fsp3) is 0.0714. The summed E-state index contributed by atoms with van der Waals surface area (Å²) in [5.41, 5.74) is 3.85. The smallest absolute Gasteiger partial charge is 0.370 e. The molecule has 0 atom stereocenters. The second-order valence-electron chi connectivity index (χ2n) is 7.92. The molecule has 2 aromatic heterocycles. The number of allylic oxidation sites excluding steroid dienone is 7. The fourth-order valence-corrected chi connectivity index (χ4v) is 3.65. The molecule has 1 aliphatic heterocycles. The summed E-state index contributed by atoms with van der Waals surface area (Å²) >= 11 is 0. The summed E-state index contributed by atoms with van der Waals surface area (Å²) in [5.74, 6) is -1.78. The molecule has 0 saturated carbocycles. The second kappa shape index (κ2) is 10.9. The molecular weight excluding hydrogens is 442 g/mol. The summed E-state index contributed by atoms with van der Waals surface area (Å²) < 4.78 is 3.71. The first-order valence-corrected chi connectivity index (χ1v) is 11.0. The molecule has 0 aliphatic carbocycles. The van der Waals surface area contributed by atoms with Crippen molar-refractivity contribution in [1.82, 2.24) is 4.90 Å². The minimum atomic E-state index is -0.888. The van der Waals surface area contributed by atoms with E-state index in [-0.39, 0.29) is 13.1 Å². The van der Waals surface area contributed by atoms with Gasteiger partial charge in [0.15, 0.2) is 18.6 Å². The van der Waals surface area contributed by atoms with E-state index >= 15 is 0 Å². The molecule has 0 fully saturated rings. The van der Waals surface area contributed by atoms with Crippen molar-refractivity contribution in [3.63, 3.8) is 0 Å². The molecule has 3 aromatic rings. The number of carboxylic acids is 2. The van der Waals surface area contributed by atoms with Crippen LogP contribution in [0.25, 0.3) is 22.7 Å². The van der Waals surface area contributed by atoms with Crippen LogP contribution in [0.2, 0.25) is 0 Å². The van der Waals surface area contributed by atoms with Gasteiger partial charge in [0, 0.05) is 54.2 Å². The van der Waals surface area contributed by atoms with Crippen LogP contribution in [0.15, 0.2) is 115 Å². The van der Waals surface area contributed by atoms with Gasteiger partial charge in [-0.15, -0.1) is 0 Å². The van der Waals surface area contributed by atoms with E-state index in [0.717, 1.165) is 27.7 Å². The Labute approximate surface area is 202 Å². The highest BCUT2D eigenvalue weighted by molar-refractivity contribution is 5.77. The molecule has 0 bridgehead atoms. The van der Waals surface area contributed by atoms with Crippen LogP contribution in [0, 0.1) is 0 Å². The van der Waals surface area contributed by atoms with Crippen LogP contribution in [-0.2, 0) is 16.1 Å². The molecule has 0 saturated heterocycles. The minimum absolute atomic E-state index is 0.0838. The van der Waals surface area contributed by atoms with E-state index in [1.54, 1.807) is 34.3 Å². The molecule has 0 amide bonds. The number of aliphatic carboxylic acids is 2. The zero-order chi connectivity index (χ0) is 24.6. The molecule has 1 aromatic carbocycles. The SMILES string of the molecule is O=C(O)CN1C=CC(=C/C=C(/C=C/c2cc[n+](CC(=O)O)cc2)[n+]2cccc3ccccc32)C=C1. The summed E-state index contributed by atoms with van der Waals surface area (Å²) in [6, 6.07) is 15.9. The highest BCUT2D eigenvalue weighted by atomic mass is 16.4. The lowest BCUT2D eigenvalue weighted by Gasteiger charge is -2.15. The van der Waals surface area contributed by atoms with Gasteiger partial charge in [-0.05, 0) is 47.6 Å². The molecule has 35 heavy (non-hydrogen) atoms. The molecule has 3 heterocycles. The van der Waals surface area contributed by atoms with Gasteiger partial charge in [-0.2, -0.15) is 9.13 Å². The van der Waals surface area contributed by atoms with Gasteiger partial charge in [-0.1, -0.05) is 12.1 Å². The number of hydrogen-bond acceptors (Lipinski definition) is 3. The van der Waals surface area contributed by atoms with Crippen molar-refractivity contribution in [3.8, 4) is 0 Å². The molecule has 7 heteroatoms. The average Bonchev–Trinajstić information content (AvgIpc) is 2.85. The summed E-state index contributed by atoms with van der Waals surface area (Å²) in [6.45, 7) is -0.168. The molecule has 0 spiro atoms. The maximum atomic E-state index is 10.9. The molecule has 4 rings (SSSR count). The number of fused-ring (bicyclic) bond motifs is 1. The third kappa shape index (κ3) is 6.39. The zero-order valence-corrected chi connectivity index (χ0v) is 18.9. The van der Waals surface area contributed by atoms with Gasteiger partial charge < -0.3 is 15.1 Å². The number of carboxylic acid groups (broad SMARTS) is 2. The molecule has 1 aliphatic rings. The van der Waals surface area contributed by atoms with E-state index in [9.17, 15) is 9.59 Å². The van der Waals surface area contributed by atoms with Gasteiger partial charge in [0.2, 0.25) is 17.8 Å². The van der Waals surface area contributed by atoms with Gasteiger partial charge in [0.05, 0.1) is 0 Å². The Morgan fingerprint density at radius 2 is 1.60 bits per heavy atom. The lowest BCUT2D eigenvalue weighted by Crippen LogP contribution is -2.36. The van der Waals surface area contributed by atoms with E-state index in [2.05, 4.69) is 22.8 Å². The predicted octanol–water partition coefficient (Wildman–Crippen LogP) is 3.41. The van der Waals surface area contributed by atoms with Gasteiger partial charge in [0.25, 0.3) is 0 Å². The molecular formula is C28H25N3O4+2. The first-order chi connectivity index (χ1) is 17.0.